The Labute approximate surface area is 65.5 Å². The number of hydrogen-bond acceptors (Lipinski definition) is 2. The van der Waals surface area contributed by atoms with E-state index in [1.54, 1.807) is 14.0 Å². The summed E-state index contributed by atoms with van der Waals surface area (Å²) in [7, 11) is 1.56. The molecule has 0 bridgehead atoms. The molecule has 1 atom stereocenters. The lowest BCUT2D eigenvalue weighted by molar-refractivity contribution is -0.137. The molecule has 1 aliphatic rings. The molecule has 1 heterocycles. The first-order valence-corrected chi connectivity index (χ1v) is 3.61. The number of nitrogens with zero attached hydrogens (tertiary/aromatic N) is 1. The fourth-order valence-electron chi connectivity index (χ4n) is 1.11. The number of nitrogens with one attached hydrogen (secondary N) is 1. The second-order valence-electron chi connectivity index (χ2n) is 2.99. The number of rotatable bonds is 1. The smallest absolute Gasteiger partial charge is 0.256 e. The van der Waals surface area contributed by atoms with Gasteiger partial charge >= 0.3 is 0 Å². The van der Waals surface area contributed by atoms with E-state index >= 15 is 0 Å². The Morgan fingerprint density at radius 3 is 2.27 bits per heavy atom. The van der Waals surface area contributed by atoms with Crippen molar-refractivity contribution in [1.29, 1.82) is 0 Å². The Bertz CT molecular complexity index is 214. The van der Waals surface area contributed by atoms with Crippen molar-refractivity contribution in [3.05, 3.63) is 0 Å². The van der Waals surface area contributed by atoms with Crippen molar-refractivity contribution < 1.29 is 9.59 Å². The van der Waals surface area contributed by atoms with E-state index < -0.39 is 5.41 Å². The van der Waals surface area contributed by atoms with Gasteiger partial charge in [0, 0.05) is 7.05 Å². The minimum Gasteiger partial charge on any atom is -0.272 e. The quantitative estimate of drug-likeness (QED) is 0.539. The predicted octanol–water partition coefficient (Wildman–Crippen LogP) is -0.0941. The summed E-state index contributed by atoms with van der Waals surface area (Å²) in [6.07, 6.45) is 0.544. The Balaban J connectivity index is 2.96. The lowest BCUT2D eigenvalue weighted by Gasteiger charge is -2.14. The first-order chi connectivity index (χ1) is 5.02. The fourth-order valence-corrected chi connectivity index (χ4v) is 1.11. The highest BCUT2D eigenvalue weighted by Gasteiger charge is 2.47. The van der Waals surface area contributed by atoms with Crippen molar-refractivity contribution in [3.8, 4) is 0 Å². The molecule has 0 aromatic heterocycles. The summed E-state index contributed by atoms with van der Waals surface area (Å²) < 4.78 is 0. The molecule has 11 heavy (non-hydrogen) atoms. The maximum absolute atomic E-state index is 11.3. The zero-order valence-electron chi connectivity index (χ0n) is 6.97. The molecule has 0 aromatic carbocycles. The van der Waals surface area contributed by atoms with Crippen LogP contribution in [0, 0.1) is 5.41 Å². The molecule has 0 aromatic rings. The van der Waals surface area contributed by atoms with E-state index in [0.29, 0.717) is 6.42 Å². The average Bonchev–Trinajstić information content (AvgIpc) is 2.16. The zero-order chi connectivity index (χ0) is 8.65. The third-order valence-electron chi connectivity index (χ3n) is 2.25. The second-order valence-corrected chi connectivity index (χ2v) is 2.99. The molecule has 62 valence electrons. The number of hydrogen-bond donors (Lipinski definition) is 1. The van der Waals surface area contributed by atoms with Gasteiger partial charge in [-0.1, -0.05) is 6.92 Å². The molecule has 1 fully saturated rings. The highest BCUT2D eigenvalue weighted by Crippen LogP contribution is 2.27. The van der Waals surface area contributed by atoms with Crippen molar-refractivity contribution in [2.45, 2.75) is 20.3 Å². The summed E-state index contributed by atoms with van der Waals surface area (Å²) in [4.78, 5) is 22.5. The van der Waals surface area contributed by atoms with E-state index in [4.69, 9.17) is 0 Å². The molecule has 1 aliphatic heterocycles. The summed E-state index contributed by atoms with van der Waals surface area (Å²) in [6.45, 7) is 3.49. The van der Waals surface area contributed by atoms with Gasteiger partial charge in [0.05, 0.1) is 0 Å². The highest BCUT2D eigenvalue weighted by molar-refractivity contribution is 6.09. The van der Waals surface area contributed by atoms with Crippen LogP contribution in [0.2, 0.25) is 0 Å². The van der Waals surface area contributed by atoms with Crippen LogP contribution in [0.3, 0.4) is 0 Å². The predicted molar refractivity (Wildman–Crippen MR) is 39.3 cm³/mol. The molecular weight excluding hydrogens is 144 g/mol. The molecule has 1 N–H and O–H groups in total. The maximum Gasteiger partial charge on any atom is 0.256 e. The van der Waals surface area contributed by atoms with Crippen LogP contribution in [-0.4, -0.2) is 23.9 Å². The number of carbonyl (C=O) groups excluding carboxylic acids is 2. The van der Waals surface area contributed by atoms with E-state index in [2.05, 4.69) is 5.43 Å². The van der Waals surface area contributed by atoms with Gasteiger partial charge in [-0.25, -0.2) is 0 Å². The summed E-state index contributed by atoms with van der Waals surface area (Å²) in [5, 5.41) is 1.24. The molecule has 0 radical (unpaired) electrons. The Morgan fingerprint density at radius 1 is 1.55 bits per heavy atom. The van der Waals surface area contributed by atoms with Crippen molar-refractivity contribution in [2.75, 3.05) is 7.05 Å². The topological polar surface area (TPSA) is 49.4 Å². The molecule has 4 heteroatoms. The highest BCUT2D eigenvalue weighted by atomic mass is 16.2. The standard InChI is InChI=1S/C7H12N2O2/c1-4-7(2)5(10)8-9(3)6(7)11/h4H2,1-3H3,(H,8,10). The summed E-state index contributed by atoms with van der Waals surface area (Å²) in [5.74, 6) is -0.350. The fraction of sp³-hybridized carbons (Fsp3) is 0.714. The van der Waals surface area contributed by atoms with Gasteiger partial charge in [0.25, 0.3) is 11.8 Å². The van der Waals surface area contributed by atoms with E-state index in [1.165, 1.54) is 5.01 Å². The first kappa shape index (κ1) is 8.04. The summed E-state index contributed by atoms with van der Waals surface area (Å²) in [6, 6.07) is 0. The van der Waals surface area contributed by atoms with Crippen LogP contribution in [-0.2, 0) is 9.59 Å². The third-order valence-corrected chi connectivity index (χ3v) is 2.25. The molecule has 2 amide bonds. The van der Waals surface area contributed by atoms with Crippen LogP contribution in [0.15, 0.2) is 0 Å². The normalized spacial score (nSPS) is 31.0. The van der Waals surface area contributed by atoms with Gasteiger partial charge in [-0.2, -0.15) is 0 Å². The Morgan fingerprint density at radius 2 is 2.09 bits per heavy atom. The molecule has 0 spiro atoms. The van der Waals surface area contributed by atoms with Crippen LogP contribution in [0.25, 0.3) is 0 Å². The minimum atomic E-state index is -0.839. The molecule has 1 saturated heterocycles. The maximum atomic E-state index is 11.3. The van der Waals surface area contributed by atoms with Gasteiger partial charge in [-0.05, 0) is 13.3 Å². The van der Waals surface area contributed by atoms with Crippen LogP contribution < -0.4 is 5.43 Å². The van der Waals surface area contributed by atoms with Crippen molar-refractivity contribution in [2.24, 2.45) is 5.41 Å². The number of carbonyl (C=O) groups is 2. The van der Waals surface area contributed by atoms with Gasteiger partial charge in [0.15, 0.2) is 0 Å². The van der Waals surface area contributed by atoms with Crippen LogP contribution in [0.1, 0.15) is 20.3 Å². The van der Waals surface area contributed by atoms with Crippen LogP contribution >= 0.6 is 0 Å². The van der Waals surface area contributed by atoms with E-state index in [-0.39, 0.29) is 11.8 Å². The number of amides is 2. The lowest BCUT2D eigenvalue weighted by atomic mass is 9.87. The second kappa shape index (κ2) is 2.22. The molecule has 1 unspecified atom stereocenters. The molecule has 0 aliphatic carbocycles. The lowest BCUT2D eigenvalue weighted by Crippen LogP contribution is -2.32. The van der Waals surface area contributed by atoms with Crippen molar-refractivity contribution in [1.82, 2.24) is 10.4 Å². The van der Waals surface area contributed by atoms with E-state index in [1.807, 2.05) is 6.92 Å². The molecular formula is C7H12N2O2. The van der Waals surface area contributed by atoms with Gasteiger partial charge < -0.3 is 0 Å². The van der Waals surface area contributed by atoms with Gasteiger partial charge in [-0.3, -0.25) is 20.0 Å². The van der Waals surface area contributed by atoms with Crippen molar-refractivity contribution >= 4 is 11.8 Å². The molecule has 4 nitrogen and oxygen atoms in total. The van der Waals surface area contributed by atoms with Gasteiger partial charge in [-0.15, -0.1) is 0 Å². The van der Waals surface area contributed by atoms with E-state index in [0.717, 1.165) is 0 Å². The van der Waals surface area contributed by atoms with Gasteiger partial charge in [0.1, 0.15) is 5.41 Å². The van der Waals surface area contributed by atoms with E-state index in [9.17, 15) is 9.59 Å². The largest absolute Gasteiger partial charge is 0.272 e. The number of hydrazine groups is 1. The Kier molecular flexibility index (Phi) is 1.62. The van der Waals surface area contributed by atoms with Gasteiger partial charge in [0.2, 0.25) is 0 Å². The van der Waals surface area contributed by atoms with Crippen LogP contribution in [0.4, 0.5) is 0 Å². The third kappa shape index (κ3) is 0.895. The minimum absolute atomic E-state index is 0.148. The monoisotopic (exact) mass is 156 g/mol. The first-order valence-electron chi connectivity index (χ1n) is 3.61. The Hall–Kier alpha value is -1.06. The average molecular weight is 156 g/mol. The zero-order valence-corrected chi connectivity index (χ0v) is 6.97. The SMILES string of the molecule is CCC1(C)C(=O)NN(C)C1=O. The van der Waals surface area contributed by atoms with Crippen LogP contribution in [0.5, 0.6) is 0 Å². The molecule has 0 saturated carbocycles. The van der Waals surface area contributed by atoms with Crippen molar-refractivity contribution in [3.63, 3.8) is 0 Å². The molecule has 1 rings (SSSR count). The summed E-state index contributed by atoms with van der Waals surface area (Å²) >= 11 is 0. The summed E-state index contributed by atoms with van der Waals surface area (Å²) in [5.41, 5.74) is 1.61.